The summed E-state index contributed by atoms with van der Waals surface area (Å²) in [5.41, 5.74) is 6.09. The first kappa shape index (κ1) is 20.0. The maximum absolute atomic E-state index is 12.5. The number of imidazole rings is 1. The molecule has 3 aromatic heterocycles. The molecule has 0 radical (unpaired) electrons. The van der Waals surface area contributed by atoms with Gasteiger partial charge in [0.2, 0.25) is 0 Å². The number of aromatic amines is 1. The maximum Gasteiger partial charge on any atom is 0.274 e. The molecule has 1 N–H and O–H groups in total. The number of rotatable bonds is 4. The van der Waals surface area contributed by atoms with Crippen LogP contribution in [0.15, 0.2) is 78.1 Å². The maximum atomic E-state index is 12.5. The number of H-pyrrole nitrogens is 1. The molecule has 0 spiro atoms. The van der Waals surface area contributed by atoms with E-state index in [2.05, 4.69) is 58.1 Å². The Bertz CT molecular complexity index is 1490. The van der Waals surface area contributed by atoms with Crippen LogP contribution < -0.4 is 5.56 Å². The van der Waals surface area contributed by atoms with E-state index >= 15 is 0 Å². The molecule has 6 rings (SSSR count). The Balaban J connectivity index is 1.53. The molecule has 6 nitrogen and oxygen atoms in total. The highest BCUT2D eigenvalue weighted by molar-refractivity contribution is 5.96. The first-order valence-corrected chi connectivity index (χ1v) is 11.5. The first-order valence-electron chi connectivity index (χ1n) is 11.5. The van der Waals surface area contributed by atoms with Gasteiger partial charge < -0.3 is 18.9 Å². The molecule has 0 saturated carbocycles. The van der Waals surface area contributed by atoms with E-state index in [9.17, 15) is 4.79 Å². The van der Waals surface area contributed by atoms with Gasteiger partial charge in [-0.15, -0.1) is 0 Å². The molecule has 2 aromatic carbocycles. The number of pyridine rings is 1. The summed E-state index contributed by atoms with van der Waals surface area (Å²) >= 11 is 0. The summed E-state index contributed by atoms with van der Waals surface area (Å²) in [7, 11) is 1.80. The second-order valence-corrected chi connectivity index (χ2v) is 8.89. The van der Waals surface area contributed by atoms with Crippen molar-refractivity contribution in [3.63, 3.8) is 0 Å². The van der Waals surface area contributed by atoms with Crippen molar-refractivity contribution in [2.45, 2.75) is 18.9 Å². The van der Waals surface area contributed by atoms with Gasteiger partial charge in [-0.1, -0.05) is 36.4 Å². The summed E-state index contributed by atoms with van der Waals surface area (Å²) in [6, 6.07) is 19.3. The predicted molar refractivity (Wildman–Crippen MR) is 130 cm³/mol. The Morgan fingerprint density at radius 2 is 1.91 bits per heavy atom. The molecule has 5 aromatic rings. The van der Waals surface area contributed by atoms with Crippen LogP contribution in [-0.2, 0) is 11.8 Å². The van der Waals surface area contributed by atoms with Gasteiger partial charge in [-0.25, -0.2) is 4.98 Å². The molecule has 0 amide bonds. The van der Waals surface area contributed by atoms with Gasteiger partial charge in [0.15, 0.2) is 0 Å². The van der Waals surface area contributed by atoms with Crippen molar-refractivity contribution in [3.8, 4) is 11.1 Å². The number of hydrogen-bond donors (Lipinski definition) is 1. The van der Waals surface area contributed by atoms with Gasteiger partial charge >= 0.3 is 0 Å². The van der Waals surface area contributed by atoms with E-state index in [1.165, 1.54) is 5.56 Å². The zero-order chi connectivity index (χ0) is 22.4. The minimum Gasteiger partial charge on any atom is -0.381 e. The van der Waals surface area contributed by atoms with Crippen molar-refractivity contribution in [1.29, 1.82) is 0 Å². The summed E-state index contributed by atoms with van der Waals surface area (Å²) < 4.78 is 9.64. The molecule has 33 heavy (non-hydrogen) atoms. The van der Waals surface area contributed by atoms with Gasteiger partial charge in [0, 0.05) is 43.6 Å². The molecule has 1 saturated heterocycles. The Morgan fingerprint density at radius 1 is 1.09 bits per heavy atom. The number of hydrogen-bond acceptors (Lipinski definition) is 3. The molecule has 0 aliphatic carbocycles. The molecule has 1 atom stereocenters. The lowest BCUT2D eigenvalue weighted by molar-refractivity contribution is 0.0547. The number of nitrogens with one attached hydrogen (secondary N) is 1. The highest BCUT2D eigenvalue weighted by atomic mass is 16.5. The van der Waals surface area contributed by atoms with Crippen molar-refractivity contribution in [3.05, 3.63) is 89.2 Å². The normalized spacial score (nSPS) is 15.9. The number of ether oxygens (including phenoxy) is 1. The zero-order valence-electron chi connectivity index (χ0n) is 18.6. The van der Waals surface area contributed by atoms with Crippen LogP contribution in [0.4, 0.5) is 0 Å². The van der Waals surface area contributed by atoms with Gasteiger partial charge in [0.1, 0.15) is 5.52 Å². The Kier molecular flexibility index (Phi) is 4.88. The van der Waals surface area contributed by atoms with Crippen LogP contribution in [0.25, 0.3) is 33.1 Å². The monoisotopic (exact) mass is 438 g/mol. The van der Waals surface area contributed by atoms with E-state index in [0.717, 1.165) is 53.6 Å². The van der Waals surface area contributed by atoms with E-state index < -0.39 is 0 Å². The fourth-order valence-electron chi connectivity index (χ4n) is 5.26. The van der Waals surface area contributed by atoms with Crippen LogP contribution in [0, 0.1) is 5.92 Å². The number of fused-ring (bicyclic) bond motifs is 2. The Morgan fingerprint density at radius 3 is 2.73 bits per heavy atom. The van der Waals surface area contributed by atoms with Gasteiger partial charge in [-0.05, 0) is 48.1 Å². The Labute approximate surface area is 191 Å². The summed E-state index contributed by atoms with van der Waals surface area (Å²) in [6.07, 6.45) is 7.80. The minimum atomic E-state index is -0.0199. The lowest BCUT2D eigenvalue weighted by atomic mass is 9.86. The third-order valence-electron chi connectivity index (χ3n) is 6.93. The smallest absolute Gasteiger partial charge is 0.274 e. The van der Waals surface area contributed by atoms with E-state index in [0.29, 0.717) is 11.4 Å². The molecule has 166 valence electrons. The lowest BCUT2D eigenvalue weighted by Crippen LogP contribution is -2.26. The van der Waals surface area contributed by atoms with E-state index in [1.54, 1.807) is 11.6 Å². The molecular weight excluding hydrogens is 412 g/mol. The van der Waals surface area contributed by atoms with Crippen molar-refractivity contribution in [2.75, 3.05) is 13.2 Å². The van der Waals surface area contributed by atoms with Crippen LogP contribution in [0.2, 0.25) is 0 Å². The average molecular weight is 439 g/mol. The average Bonchev–Trinajstić information content (AvgIpc) is 3.51. The third kappa shape index (κ3) is 3.38. The highest BCUT2D eigenvalue weighted by Gasteiger charge is 2.28. The standard InChI is InChI=1S/C27H26N4O2/c1-30-16-22(21-9-12-28-25(21)27(30)32)20-7-8-23-24(15-20)31(17-29-23)26(18-5-3-2-4-6-18)19-10-13-33-14-11-19/h2-9,12,15-17,19,26,28H,10-11,13-14H2,1H3. The van der Waals surface area contributed by atoms with Crippen molar-refractivity contribution in [1.82, 2.24) is 19.1 Å². The molecule has 1 unspecified atom stereocenters. The largest absolute Gasteiger partial charge is 0.381 e. The van der Waals surface area contributed by atoms with Gasteiger partial charge in [-0.3, -0.25) is 4.79 Å². The topological polar surface area (TPSA) is 64.8 Å². The lowest BCUT2D eigenvalue weighted by Gasteiger charge is -2.32. The summed E-state index contributed by atoms with van der Waals surface area (Å²) in [4.78, 5) is 20.4. The zero-order valence-corrected chi connectivity index (χ0v) is 18.6. The molecule has 1 fully saturated rings. The quantitative estimate of drug-likeness (QED) is 0.434. The van der Waals surface area contributed by atoms with Gasteiger partial charge in [0.25, 0.3) is 5.56 Å². The second kappa shape index (κ2) is 8.05. The van der Waals surface area contributed by atoms with Crippen molar-refractivity contribution in [2.24, 2.45) is 13.0 Å². The van der Waals surface area contributed by atoms with Crippen LogP contribution in [-0.4, -0.2) is 32.3 Å². The number of benzene rings is 2. The number of nitrogens with zero attached hydrogens (tertiary/aromatic N) is 3. The fraction of sp³-hybridized carbons (Fsp3) is 0.259. The second-order valence-electron chi connectivity index (χ2n) is 8.89. The predicted octanol–water partition coefficient (Wildman–Crippen LogP) is 4.90. The number of aryl methyl sites for hydroxylation is 1. The van der Waals surface area contributed by atoms with Crippen molar-refractivity contribution < 1.29 is 4.74 Å². The summed E-state index contributed by atoms with van der Waals surface area (Å²) in [5.74, 6) is 0.483. The van der Waals surface area contributed by atoms with Gasteiger partial charge in [0.05, 0.1) is 23.4 Å². The van der Waals surface area contributed by atoms with E-state index in [-0.39, 0.29) is 11.6 Å². The van der Waals surface area contributed by atoms with Crippen LogP contribution in [0.5, 0.6) is 0 Å². The van der Waals surface area contributed by atoms with E-state index in [4.69, 9.17) is 9.72 Å². The van der Waals surface area contributed by atoms with E-state index in [1.807, 2.05) is 24.8 Å². The fourth-order valence-corrected chi connectivity index (χ4v) is 5.26. The third-order valence-corrected chi connectivity index (χ3v) is 6.93. The molecule has 1 aliphatic heterocycles. The molecule has 4 heterocycles. The number of aromatic nitrogens is 4. The van der Waals surface area contributed by atoms with Gasteiger partial charge in [-0.2, -0.15) is 0 Å². The molecule has 0 bridgehead atoms. The van der Waals surface area contributed by atoms with Crippen LogP contribution >= 0.6 is 0 Å². The van der Waals surface area contributed by atoms with Crippen LogP contribution in [0.3, 0.4) is 0 Å². The summed E-state index contributed by atoms with van der Waals surface area (Å²) in [5, 5.41) is 0.938. The summed E-state index contributed by atoms with van der Waals surface area (Å²) in [6.45, 7) is 1.60. The SMILES string of the molecule is Cn1cc(-c2ccc3ncn(C(c4ccccc4)C4CCOCC4)c3c2)c2cc[nH]c2c1=O. The van der Waals surface area contributed by atoms with Crippen LogP contribution in [0.1, 0.15) is 24.4 Å². The highest BCUT2D eigenvalue weighted by Crippen LogP contribution is 2.37. The first-order chi connectivity index (χ1) is 16.2. The Hall–Kier alpha value is -3.64. The van der Waals surface area contributed by atoms with Crippen molar-refractivity contribution >= 4 is 21.9 Å². The molecular formula is C27H26N4O2. The minimum absolute atomic E-state index is 0.0199. The molecule has 1 aliphatic rings. The molecule has 6 heteroatoms.